The Labute approximate surface area is 202 Å². The van der Waals surface area contributed by atoms with Gasteiger partial charge in [0.1, 0.15) is 28.1 Å². The largest absolute Gasteiger partial charge is 0.497 e. The number of methoxy groups -OCH3 is 1. The zero-order valence-corrected chi connectivity index (χ0v) is 19.4. The van der Waals surface area contributed by atoms with E-state index in [4.69, 9.17) is 15.2 Å². The number of hydrogen-bond donors (Lipinski definition) is 1. The Balaban J connectivity index is 1.73. The van der Waals surface area contributed by atoms with Crippen molar-refractivity contribution < 1.29 is 22.3 Å². The van der Waals surface area contributed by atoms with E-state index in [1.807, 2.05) is 6.07 Å². The summed E-state index contributed by atoms with van der Waals surface area (Å²) >= 11 is 0. The Morgan fingerprint density at radius 2 is 1.77 bits per heavy atom. The molecule has 2 heterocycles. The predicted octanol–water partition coefficient (Wildman–Crippen LogP) is 4.36. The van der Waals surface area contributed by atoms with Crippen LogP contribution >= 0.6 is 0 Å². The summed E-state index contributed by atoms with van der Waals surface area (Å²) in [5.74, 6) is -0.874. The van der Waals surface area contributed by atoms with Crippen LogP contribution in [0.25, 0.3) is 5.76 Å². The molecule has 3 aromatic carbocycles. The van der Waals surface area contributed by atoms with Crippen LogP contribution in [-0.2, 0) is 21.3 Å². The molecule has 0 radical (unpaired) electrons. The number of nitriles is 1. The molecular formula is C26H20FN3O4S. The predicted molar refractivity (Wildman–Crippen MR) is 129 cm³/mol. The van der Waals surface area contributed by atoms with Crippen molar-refractivity contribution in [2.24, 2.45) is 5.73 Å². The molecule has 0 aliphatic carbocycles. The summed E-state index contributed by atoms with van der Waals surface area (Å²) in [6.45, 7) is -0.0349. The topological polar surface area (TPSA) is 106 Å². The SMILES string of the molecule is COc1ccc(C2C(C#N)=C(N)OC3=C2S(=O)(=O)N(Cc2ccc(F)cc2)c2ccccc23)cc1. The van der Waals surface area contributed by atoms with Gasteiger partial charge < -0.3 is 15.2 Å². The summed E-state index contributed by atoms with van der Waals surface area (Å²) in [5, 5.41) is 9.92. The van der Waals surface area contributed by atoms with E-state index < -0.39 is 21.8 Å². The van der Waals surface area contributed by atoms with Gasteiger partial charge in [0.25, 0.3) is 10.0 Å². The first-order chi connectivity index (χ1) is 16.8. The van der Waals surface area contributed by atoms with Gasteiger partial charge in [0, 0.05) is 5.56 Å². The van der Waals surface area contributed by atoms with E-state index in [1.54, 1.807) is 48.5 Å². The van der Waals surface area contributed by atoms with Gasteiger partial charge in [0.15, 0.2) is 5.76 Å². The van der Waals surface area contributed by atoms with Gasteiger partial charge in [-0.25, -0.2) is 12.8 Å². The van der Waals surface area contributed by atoms with Crippen molar-refractivity contribution in [3.63, 3.8) is 0 Å². The van der Waals surface area contributed by atoms with Crippen molar-refractivity contribution in [3.05, 3.63) is 112 Å². The van der Waals surface area contributed by atoms with Crippen molar-refractivity contribution in [1.29, 1.82) is 5.26 Å². The van der Waals surface area contributed by atoms with Gasteiger partial charge in [-0.3, -0.25) is 4.31 Å². The summed E-state index contributed by atoms with van der Waals surface area (Å²) in [4.78, 5) is -0.0748. The first kappa shape index (κ1) is 22.5. The van der Waals surface area contributed by atoms with Gasteiger partial charge in [-0.1, -0.05) is 36.4 Å². The highest BCUT2D eigenvalue weighted by molar-refractivity contribution is 7.96. The van der Waals surface area contributed by atoms with Gasteiger partial charge in [0.2, 0.25) is 5.88 Å². The maximum atomic E-state index is 14.2. The third kappa shape index (κ3) is 3.68. The molecular weight excluding hydrogens is 469 g/mol. The first-order valence-corrected chi connectivity index (χ1v) is 12.1. The fourth-order valence-corrected chi connectivity index (χ4v) is 6.28. The average Bonchev–Trinajstić information content (AvgIpc) is 2.87. The highest BCUT2D eigenvalue weighted by atomic mass is 32.2. The minimum atomic E-state index is -4.20. The van der Waals surface area contributed by atoms with Crippen LogP contribution in [0.2, 0.25) is 0 Å². The molecule has 0 saturated carbocycles. The molecule has 7 nitrogen and oxygen atoms in total. The van der Waals surface area contributed by atoms with Crippen LogP contribution in [0.5, 0.6) is 5.75 Å². The second-order valence-electron chi connectivity index (χ2n) is 8.05. The van der Waals surface area contributed by atoms with Crippen molar-refractivity contribution in [2.75, 3.05) is 11.4 Å². The van der Waals surface area contributed by atoms with Gasteiger partial charge in [0.05, 0.1) is 25.3 Å². The van der Waals surface area contributed by atoms with Crippen molar-refractivity contribution in [3.8, 4) is 11.8 Å². The Hall–Kier alpha value is -4.29. The fraction of sp³-hybridized carbons (Fsp3) is 0.115. The normalized spacial score (nSPS) is 18.3. The van der Waals surface area contributed by atoms with Crippen LogP contribution in [0.15, 0.2) is 89.2 Å². The molecule has 0 spiro atoms. The number of halogens is 1. The summed E-state index contributed by atoms with van der Waals surface area (Å²) in [5.41, 5.74) is 8.20. The number of nitrogens with two attached hydrogens (primary N) is 1. The number of anilines is 1. The molecule has 0 bridgehead atoms. The van der Waals surface area contributed by atoms with E-state index in [0.29, 0.717) is 28.1 Å². The van der Waals surface area contributed by atoms with Crippen LogP contribution in [0, 0.1) is 17.1 Å². The second-order valence-corrected chi connectivity index (χ2v) is 9.88. The van der Waals surface area contributed by atoms with E-state index in [1.165, 1.54) is 35.7 Å². The smallest absolute Gasteiger partial charge is 0.265 e. The van der Waals surface area contributed by atoms with Crippen molar-refractivity contribution in [2.45, 2.75) is 12.5 Å². The van der Waals surface area contributed by atoms with Crippen molar-refractivity contribution in [1.82, 2.24) is 0 Å². The third-order valence-electron chi connectivity index (χ3n) is 6.05. The summed E-state index contributed by atoms with van der Waals surface area (Å²) in [7, 11) is -2.68. The average molecular weight is 490 g/mol. The number of benzene rings is 3. The molecule has 3 aromatic rings. The van der Waals surface area contributed by atoms with Crippen LogP contribution in [0.1, 0.15) is 22.6 Å². The van der Waals surface area contributed by atoms with Crippen LogP contribution in [-0.4, -0.2) is 15.5 Å². The monoisotopic (exact) mass is 489 g/mol. The maximum Gasteiger partial charge on any atom is 0.265 e. The molecule has 35 heavy (non-hydrogen) atoms. The number of para-hydroxylation sites is 1. The molecule has 2 N–H and O–H groups in total. The zero-order chi connectivity index (χ0) is 24.7. The van der Waals surface area contributed by atoms with Crippen molar-refractivity contribution >= 4 is 21.5 Å². The number of rotatable bonds is 4. The van der Waals surface area contributed by atoms with Gasteiger partial charge in [-0.15, -0.1) is 0 Å². The molecule has 176 valence electrons. The van der Waals surface area contributed by atoms with Gasteiger partial charge in [-0.05, 0) is 47.5 Å². The Morgan fingerprint density at radius 1 is 1.09 bits per heavy atom. The number of hydrogen-bond acceptors (Lipinski definition) is 6. The minimum absolute atomic E-state index is 0.00129. The lowest BCUT2D eigenvalue weighted by Crippen LogP contribution is -2.39. The number of fused-ring (bicyclic) bond motifs is 2. The Bertz CT molecular complexity index is 1520. The van der Waals surface area contributed by atoms with Crippen LogP contribution in [0.4, 0.5) is 10.1 Å². The first-order valence-electron chi connectivity index (χ1n) is 10.7. The van der Waals surface area contributed by atoms with Crippen LogP contribution in [0.3, 0.4) is 0 Å². The lowest BCUT2D eigenvalue weighted by molar-refractivity contribution is 0.357. The molecule has 0 amide bonds. The Morgan fingerprint density at radius 3 is 2.43 bits per heavy atom. The molecule has 2 aliphatic rings. The molecule has 9 heteroatoms. The standard InChI is InChI=1S/C26H20FN3O4S/c1-33-19-12-8-17(9-13-19)23-21(14-28)26(29)34-24-20-4-2-3-5-22(20)30(35(31,32)25(23)24)15-16-6-10-18(27)11-7-16/h2-13,23H,15,29H2,1H3. The minimum Gasteiger partial charge on any atom is -0.497 e. The zero-order valence-electron chi connectivity index (χ0n) is 18.6. The lowest BCUT2D eigenvalue weighted by atomic mass is 9.88. The number of allylic oxidation sites excluding steroid dienone is 2. The van der Waals surface area contributed by atoms with Crippen LogP contribution < -0.4 is 14.8 Å². The maximum absolute atomic E-state index is 14.2. The van der Waals surface area contributed by atoms with Gasteiger partial charge >= 0.3 is 0 Å². The van der Waals surface area contributed by atoms with E-state index >= 15 is 0 Å². The molecule has 0 fully saturated rings. The number of ether oxygens (including phenoxy) is 2. The lowest BCUT2D eigenvalue weighted by Gasteiger charge is -2.38. The molecule has 5 rings (SSSR count). The quantitative estimate of drug-likeness (QED) is 0.584. The van der Waals surface area contributed by atoms with E-state index in [9.17, 15) is 18.1 Å². The summed E-state index contributed by atoms with van der Waals surface area (Å²) in [6, 6.07) is 21.4. The molecule has 1 unspecified atom stereocenters. The number of sulfonamides is 1. The van der Waals surface area contributed by atoms with E-state index in [0.717, 1.165) is 0 Å². The molecule has 2 aliphatic heterocycles. The van der Waals surface area contributed by atoms with Gasteiger partial charge in [-0.2, -0.15) is 5.26 Å². The third-order valence-corrected chi connectivity index (χ3v) is 7.93. The second kappa shape index (κ2) is 8.49. The Kier molecular flexibility index (Phi) is 5.46. The van der Waals surface area contributed by atoms with E-state index in [-0.39, 0.29) is 28.7 Å². The summed E-state index contributed by atoms with van der Waals surface area (Å²) in [6.07, 6.45) is 0. The molecule has 0 aromatic heterocycles. The summed E-state index contributed by atoms with van der Waals surface area (Å²) < 4.78 is 54.1. The number of nitrogens with zero attached hydrogens (tertiary/aromatic N) is 2. The molecule has 1 atom stereocenters. The highest BCUT2D eigenvalue weighted by Crippen LogP contribution is 2.51. The molecule has 0 saturated heterocycles. The van der Waals surface area contributed by atoms with E-state index in [2.05, 4.69) is 0 Å². The highest BCUT2D eigenvalue weighted by Gasteiger charge is 2.47. The fourth-order valence-electron chi connectivity index (χ4n) is 4.36.